The van der Waals surface area contributed by atoms with Crippen LogP contribution in [0, 0.1) is 0 Å². The van der Waals surface area contributed by atoms with Crippen molar-refractivity contribution in [2.24, 2.45) is 0 Å². The molecule has 0 bridgehead atoms. The highest BCUT2D eigenvalue weighted by atomic mass is 16.5. The Hall–Kier alpha value is -1.43. The van der Waals surface area contributed by atoms with Gasteiger partial charge in [-0.1, -0.05) is 12.1 Å². The summed E-state index contributed by atoms with van der Waals surface area (Å²) in [6.45, 7) is 5.85. The number of nitrogens with zero attached hydrogens (tertiary/aromatic N) is 1. The molecule has 0 unspecified atom stereocenters. The van der Waals surface area contributed by atoms with Gasteiger partial charge in [0, 0.05) is 33.9 Å². The molecule has 118 valence electrons. The zero-order chi connectivity index (χ0) is 15.5. The predicted molar refractivity (Wildman–Crippen MR) is 82.1 cm³/mol. The van der Waals surface area contributed by atoms with Crippen molar-refractivity contribution in [3.63, 3.8) is 0 Å². The Balaban J connectivity index is 2.47. The van der Waals surface area contributed by atoms with Gasteiger partial charge in [-0.05, 0) is 19.1 Å². The molecule has 5 heteroatoms. The highest BCUT2D eigenvalue weighted by molar-refractivity contribution is 5.96. The summed E-state index contributed by atoms with van der Waals surface area (Å²) >= 11 is 0. The van der Waals surface area contributed by atoms with E-state index in [-0.39, 0.29) is 5.78 Å². The molecule has 0 aliphatic rings. The van der Waals surface area contributed by atoms with Crippen LogP contribution in [0.5, 0.6) is 5.75 Å². The van der Waals surface area contributed by atoms with Gasteiger partial charge in [-0.25, -0.2) is 0 Å². The van der Waals surface area contributed by atoms with Crippen molar-refractivity contribution in [3.8, 4) is 5.75 Å². The predicted octanol–water partition coefficient (Wildman–Crippen LogP) is 1.86. The van der Waals surface area contributed by atoms with Gasteiger partial charge in [0.2, 0.25) is 0 Å². The van der Waals surface area contributed by atoms with Crippen LogP contribution >= 0.6 is 0 Å². The van der Waals surface area contributed by atoms with E-state index in [1.165, 1.54) is 0 Å². The Labute approximate surface area is 126 Å². The first kappa shape index (κ1) is 17.6. The minimum absolute atomic E-state index is 0.0150. The monoisotopic (exact) mass is 295 g/mol. The van der Waals surface area contributed by atoms with Crippen molar-refractivity contribution in [2.75, 3.05) is 53.7 Å². The fourth-order valence-corrected chi connectivity index (χ4v) is 1.94. The van der Waals surface area contributed by atoms with Gasteiger partial charge in [0.1, 0.15) is 12.4 Å². The minimum atomic E-state index is 0.0150. The second-order valence-electron chi connectivity index (χ2n) is 4.73. The summed E-state index contributed by atoms with van der Waals surface area (Å²) in [4.78, 5) is 13.7. The van der Waals surface area contributed by atoms with Crippen LogP contribution in [-0.4, -0.2) is 64.4 Å². The molecule has 0 heterocycles. The highest BCUT2D eigenvalue weighted by Gasteiger charge is 2.09. The molecule has 0 atom stereocenters. The van der Waals surface area contributed by atoms with Gasteiger partial charge >= 0.3 is 0 Å². The van der Waals surface area contributed by atoms with E-state index >= 15 is 0 Å². The molecule has 0 aromatic heterocycles. The number of hydrogen-bond acceptors (Lipinski definition) is 5. The molecule has 0 radical (unpaired) electrons. The van der Waals surface area contributed by atoms with Crippen molar-refractivity contribution in [1.29, 1.82) is 0 Å². The van der Waals surface area contributed by atoms with E-state index in [0.29, 0.717) is 31.1 Å². The maximum atomic E-state index is 11.5. The SMILES string of the molecule is COCCN(CCOC)CCOc1ccccc1C(C)=O. The average Bonchev–Trinajstić information content (AvgIpc) is 2.49. The van der Waals surface area contributed by atoms with Crippen LogP contribution in [0.15, 0.2) is 24.3 Å². The second-order valence-corrected chi connectivity index (χ2v) is 4.73. The minimum Gasteiger partial charge on any atom is -0.491 e. The molecule has 1 rings (SSSR count). The first-order chi connectivity index (χ1) is 10.2. The first-order valence-corrected chi connectivity index (χ1v) is 7.12. The molecule has 0 N–H and O–H groups in total. The number of ketones is 1. The van der Waals surface area contributed by atoms with E-state index in [0.717, 1.165) is 19.6 Å². The van der Waals surface area contributed by atoms with E-state index in [9.17, 15) is 4.79 Å². The fraction of sp³-hybridized carbons (Fsp3) is 0.562. The number of benzene rings is 1. The van der Waals surface area contributed by atoms with E-state index in [1.807, 2.05) is 18.2 Å². The molecule has 0 amide bonds. The number of Topliss-reactive ketones (excluding diaryl/α,β-unsaturated/α-hetero) is 1. The van der Waals surface area contributed by atoms with Gasteiger partial charge in [0.05, 0.1) is 18.8 Å². The lowest BCUT2D eigenvalue weighted by atomic mass is 10.1. The van der Waals surface area contributed by atoms with Gasteiger partial charge in [-0.2, -0.15) is 0 Å². The molecular weight excluding hydrogens is 270 g/mol. The number of rotatable bonds is 11. The molecule has 1 aromatic rings. The van der Waals surface area contributed by atoms with E-state index < -0.39 is 0 Å². The molecule has 0 saturated carbocycles. The van der Waals surface area contributed by atoms with Crippen LogP contribution in [0.2, 0.25) is 0 Å². The number of carbonyl (C=O) groups is 1. The first-order valence-electron chi connectivity index (χ1n) is 7.12. The summed E-state index contributed by atoms with van der Waals surface area (Å²) in [6, 6.07) is 7.32. The number of ether oxygens (including phenoxy) is 3. The zero-order valence-electron chi connectivity index (χ0n) is 13.1. The quantitative estimate of drug-likeness (QED) is 0.583. The van der Waals surface area contributed by atoms with Gasteiger partial charge in [-0.15, -0.1) is 0 Å². The Kier molecular flexibility index (Phi) is 8.66. The Morgan fingerprint density at radius 3 is 2.14 bits per heavy atom. The maximum absolute atomic E-state index is 11.5. The summed E-state index contributed by atoms with van der Waals surface area (Å²) in [5.41, 5.74) is 0.623. The molecule has 5 nitrogen and oxygen atoms in total. The van der Waals surface area contributed by atoms with Crippen molar-refractivity contribution in [1.82, 2.24) is 4.90 Å². The normalized spacial score (nSPS) is 10.9. The van der Waals surface area contributed by atoms with Crippen molar-refractivity contribution < 1.29 is 19.0 Å². The van der Waals surface area contributed by atoms with Crippen molar-refractivity contribution in [2.45, 2.75) is 6.92 Å². The molecule has 0 aliphatic carbocycles. The highest BCUT2D eigenvalue weighted by Crippen LogP contribution is 2.18. The van der Waals surface area contributed by atoms with Gasteiger partial charge in [0.15, 0.2) is 5.78 Å². The number of para-hydroxylation sites is 1. The molecule has 0 fully saturated rings. The topological polar surface area (TPSA) is 48.0 Å². The van der Waals surface area contributed by atoms with Crippen LogP contribution in [0.25, 0.3) is 0 Å². The standard InChI is InChI=1S/C16H25NO4/c1-14(18)15-6-4-5-7-16(15)21-13-10-17(8-11-19-2)9-12-20-3/h4-7H,8-13H2,1-3H3. The van der Waals surface area contributed by atoms with Crippen LogP contribution in [0.1, 0.15) is 17.3 Å². The molecule has 21 heavy (non-hydrogen) atoms. The van der Waals surface area contributed by atoms with Crippen LogP contribution in [0.4, 0.5) is 0 Å². The van der Waals surface area contributed by atoms with Gasteiger partial charge < -0.3 is 14.2 Å². The van der Waals surface area contributed by atoms with Gasteiger partial charge in [-0.3, -0.25) is 9.69 Å². The smallest absolute Gasteiger partial charge is 0.163 e. The molecule has 0 spiro atoms. The third kappa shape index (κ3) is 6.71. The summed E-state index contributed by atoms with van der Waals surface area (Å²) < 4.78 is 15.9. The fourth-order valence-electron chi connectivity index (χ4n) is 1.94. The van der Waals surface area contributed by atoms with E-state index in [4.69, 9.17) is 14.2 Å². The van der Waals surface area contributed by atoms with Crippen LogP contribution in [-0.2, 0) is 9.47 Å². The lowest BCUT2D eigenvalue weighted by molar-refractivity contribution is 0.0996. The van der Waals surface area contributed by atoms with E-state index in [2.05, 4.69) is 4.90 Å². The lowest BCUT2D eigenvalue weighted by Gasteiger charge is -2.21. The number of methoxy groups -OCH3 is 2. The average molecular weight is 295 g/mol. The Morgan fingerprint density at radius 2 is 1.57 bits per heavy atom. The Morgan fingerprint density at radius 1 is 1.00 bits per heavy atom. The Bertz CT molecular complexity index is 414. The van der Waals surface area contributed by atoms with Gasteiger partial charge in [0.25, 0.3) is 0 Å². The second kappa shape index (κ2) is 10.3. The third-order valence-corrected chi connectivity index (χ3v) is 3.15. The molecule has 0 saturated heterocycles. The van der Waals surface area contributed by atoms with Crippen molar-refractivity contribution >= 4 is 5.78 Å². The largest absolute Gasteiger partial charge is 0.491 e. The molecule has 0 aliphatic heterocycles. The summed E-state index contributed by atoms with van der Waals surface area (Å²) in [7, 11) is 3.38. The number of carbonyl (C=O) groups excluding carboxylic acids is 1. The summed E-state index contributed by atoms with van der Waals surface area (Å²) in [5, 5.41) is 0. The van der Waals surface area contributed by atoms with Crippen LogP contribution < -0.4 is 4.74 Å². The molecular formula is C16H25NO4. The zero-order valence-corrected chi connectivity index (χ0v) is 13.1. The van der Waals surface area contributed by atoms with Crippen molar-refractivity contribution in [3.05, 3.63) is 29.8 Å². The summed E-state index contributed by atoms with van der Waals surface area (Å²) in [6.07, 6.45) is 0. The number of hydrogen-bond donors (Lipinski definition) is 0. The maximum Gasteiger partial charge on any atom is 0.163 e. The lowest BCUT2D eigenvalue weighted by Crippen LogP contribution is -2.34. The molecule has 1 aromatic carbocycles. The van der Waals surface area contributed by atoms with Crippen LogP contribution in [0.3, 0.4) is 0 Å². The summed E-state index contributed by atoms with van der Waals surface area (Å²) in [5.74, 6) is 0.657. The van der Waals surface area contributed by atoms with E-state index in [1.54, 1.807) is 27.2 Å². The third-order valence-electron chi connectivity index (χ3n) is 3.15.